The van der Waals surface area contributed by atoms with Gasteiger partial charge in [-0.15, -0.1) is 5.10 Å². The van der Waals surface area contributed by atoms with Crippen molar-refractivity contribution in [1.29, 1.82) is 0 Å². The van der Waals surface area contributed by atoms with Gasteiger partial charge in [-0.2, -0.15) is 0 Å². The van der Waals surface area contributed by atoms with Gasteiger partial charge in [0.05, 0.1) is 24.3 Å². The zero-order chi connectivity index (χ0) is 29.8. The SMILES string of the molecule is CCN(CC)C(=O)c1cc(C(=O)N2CCN(C(=O)NCCCCCC(=O)O)CC2)cc(-n2cc(CCCF)nn2)c1. The lowest BCUT2D eigenvalue weighted by atomic mass is 10.1. The molecule has 0 aliphatic carbocycles. The molecule has 0 atom stereocenters. The molecule has 0 spiro atoms. The van der Waals surface area contributed by atoms with Crippen molar-refractivity contribution in [2.45, 2.75) is 52.4 Å². The maximum Gasteiger partial charge on any atom is 0.317 e. The lowest BCUT2D eigenvalue weighted by Crippen LogP contribution is -2.53. The average molecular weight is 574 g/mol. The number of carbonyl (C=O) groups excluding carboxylic acids is 3. The summed E-state index contributed by atoms with van der Waals surface area (Å²) in [6.07, 6.45) is 4.56. The van der Waals surface area contributed by atoms with E-state index in [2.05, 4.69) is 15.6 Å². The maximum absolute atomic E-state index is 13.6. The van der Waals surface area contributed by atoms with Gasteiger partial charge in [-0.3, -0.25) is 18.8 Å². The Morgan fingerprint density at radius 3 is 2.29 bits per heavy atom. The second-order valence-corrected chi connectivity index (χ2v) is 9.91. The molecule has 2 heterocycles. The third kappa shape index (κ3) is 8.98. The Morgan fingerprint density at radius 1 is 0.951 bits per heavy atom. The number of carboxylic acid groups (broad SMARTS) is 1. The van der Waals surface area contributed by atoms with E-state index >= 15 is 0 Å². The minimum Gasteiger partial charge on any atom is -0.481 e. The lowest BCUT2D eigenvalue weighted by molar-refractivity contribution is -0.137. The molecule has 0 radical (unpaired) electrons. The zero-order valence-electron chi connectivity index (χ0n) is 23.9. The van der Waals surface area contributed by atoms with Gasteiger partial charge in [-0.1, -0.05) is 11.6 Å². The van der Waals surface area contributed by atoms with Crippen LogP contribution in [0.15, 0.2) is 24.4 Å². The van der Waals surface area contributed by atoms with E-state index in [4.69, 9.17) is 5.11 Å². The smallest absolute Gasteiger partial charge is 0.317 e. The summed E-state index contributed by atoms with van der Waals surface area (Å²) in [5.74, 6) is -1.28. The molecule has 13 heteroatoms. The number of carbonyl (C=O) groups is 4. The number of carboxylic acids is 1. The minimum absolute atomic E-state index is 0.123. The number of rotatable bonds is 14. The Bertz CT molecular complexity index is 1190. The fraction of sp³-hybridized carbons (Fsp3) is 0.571. The molecule has 0 bridgehead atoms. The van der Waals surface area contributed by atoms with Crippen LogP contribution in [0, 0.1) is 0 Å². The van der Waals surface area contributed by atoms with Crippen LogP contribution in [0.3, 0.4) is 0 Å². The molecule has 224 valence electrons. The summed E-state index contributed by atoms with van der Waals surface area (Å²) in [4.78, 5) is 54.9. The van der Waals surface area contributed by atoms with Gasteiger partial charge in [0.1, 0.15) is 0 Å². The van der Waals surface area contributed by atoms with Gasteiger partial charge in [0.2, 0.25) is 0 Å². The highest BCUT2D eigenvalue weighted by molar-refractivity contribution is 6.00. The number of amides is 4. The Labute approximate surface area is 239 Å². The molecular formula is C28H40FN7O5. The molecule has 1 fully saturated rings. The van der Waals surface area contributed by atoms with E-state index in [0.717, 1.165) is 6.42 Å². The zero-order valence-corrected chi connectivity index (χ0v) is 23.9. The number of piperazine rings is 1. The molecule has 1 aromatic heterocycles. The number of unbranched alkanes of at least 4 members (excludes halogenated alkanes) is 2. The van der Waals surface area contributed by atoms with Gasteiger partial charge >= 0.3 is 12.0 Å². The first kappa shape index (κ1) is 31.5. The van der Waals surface area contributed by atoms with Crippen LogP contribution in [0.1, 0.15) is 72.4 Å². The van der Waals surface area contributed by atoms with Crippen molar-refractivity contribution < 1.29 is 28.7 Å². The van der Waals surface area contributed by atoms with Gasteiger partial charge < -0.3 is 25.1 Å². The van der Waals surface area contributed by atoms with Gasteiger partial charge in [-0.05, 0) is 57.7 Å². The highest BCUT2D eigenvalue weighted by Gasteiger charge is 2.26. The van der Waals surface area contributed by atoms with Crippen LogP contribution in [0.5, 0.6) is 0 Å². The molecule has 41 heavy (non-hydrogen) atoms. The molecule has 2 aromatic rings. The highest BCUT2D eigenvalue weighted by Crippen LogP contribution is 2.19. The van der Waals surface area contributed by atoms with E-state index < -0.39 is 12.6 Å². The van der Waals surface area contributed by atoms with Crippen LogP contribution >= 0.6 is 0 Å². The van der Waals surface area contributed by atoms with Crippen molar-refractivity contribution in [2.75, 3.05) is 52.5 Å². The average Bonchev–Trinajstić information content (AvgIpc) is 3.46. The number of urea groups is 1. The Kier molecular flexibility index (Phi) is 12.0. The van der Waals surface area contributed by atoms with E-state index in [-0.39, 0.29) is 24.3 Å². The van der Waals surface area contributed by atoms with Crippen LogP contribution in [-0.4, -0.2) is 111 Å². The summed E-state index contributed by atoms with van der Waals surface area (Å²) in [5, 5.41) is 19.8. The predicted octanol–water partition coefficient (Wildman–Crippen LogP) is 2.76. The number of nitrogens with one attached hydrogen (secondary N) is 1. The molecule has 4 amide bonds. The van der Waals surface area contributed by atoms with E-state index in [0.29, 0.717) is 94.0 Å². The summed E-state index contributed by atoms with van der Waals surface area (Å²) in [6.45, 7) is 6.23. The van der Waals surface area contributed by atoms with Crippen molar-refractivity contribution in [3.8, 4) is 5.69 Å². The predicted molar refractivity (Wildman–Crippen MR) is 150 cm³/mol. The first-order chi connectivity index (χ1) is 19.8. The van der Waals surface area contributed by atoms with Gasteiger partial charge in [-0.25, -0.2) is 9.48 Å². The highest BCUT2D eigenvalue weighted by atomic mass is 19.1. The first-order valence-corrected chi connectivity index (χ1v) is 14.2. The fourth-order valence-corrected chi connectivity index (χ4v) is 4.65. The summed E-state index contributed by atoms with van der Waals surface area (Å²) in [6, 6.07) is 4.73. The number of aromatic nitrogens is 3. The van der Waals surface area contributed by atoms with Crippen molar-refractivity contribution in [1.82, 2.24) is 35.0 Å². The number of hydrogen-bond donors (Lipinski definition) is 2. The van der Waals surface area contributed by atoms with Crippen molar-refractivity contribution in [3.63, 3.8) is 0 Å². The van der Waals surface area contributed by atoms with E-state index in [1.807, 2.05) is 13.8 Å². The Morgan fingerprint density at radius 2 is 1.63 bits per heavy atom. The van der Waals surface area contributed by atoms with Crippen LogP contribution < -0.4 is 5.32 Å². The monoisotopic (exact) mass is 573 g/mol. The Hall–Kier alpha value is -4.03. The number of halogens is 1. The van der Waals surface area contributed by atoms with E-state index in [1.165, 1.54) is 4.68 Å². The standard InChI is InChI=1S/C28H40FN7O5/c1-3-33(4-2)26(39)21-17-22(19-24(18-21)36-20-23(31-32-36)9-8-11-29)27(40)34-13-15-35(16-14-34)28(41)30-12-7-5-6-10-25(37)38/h17-20H,3-16H2,1-2H3,(H,30,41)(H,37,38). The number of benzene rings is 1. The molecule has 0 unspecified atom stereocenters. The van der Waals surface area contributed by atoms with Crippen molar-refractivity contribution in [2.24, 2.45) is 0 Å². The van der Waals surface area contributed by atoms with Crippen LogP contribution in [0.25, 0.3) is 5.69 Å². The van der Waals surface area contributed by atoms with Gasteiger partial charge in [0, 0.05) is 63.4 Å². The van der Waals surface area contributed by atoms with Crippen LogP contribution in [-0.2, 0) is 11.2 Å². The number of nitrogens with zero attached hydrogens (tertiary/aromatic N) is 6. The molecule has 0 saturated carbocycles. The number of aryl methyl sites for hydroxylation is 1. The molecule has 1 aliphatic heterocycles. The molecule has 1 aromatic carbocycles. The number of hydrogen-bond acceptors (Lipinski definition) is 6. The van der Waals surface area contributed by atoms with Crippen LogP contribution in [0.4, 0.5) is 9.18 Å². The summed E-state index contributed by atoms with van der Waals surface area (Å²) in [7, 11) is 0. The number of aliphatic carboxylic acids is 1. The third-order valence-corrected chi connectivity index (χ3v) is 7.03. The van der Waals surface area contributed by atoms with Crippen LogP contribution in [0.2, 0.25) is 0 Å². The Balaban J connectivity index is 1.68. The fourth-order valence-electron chi connectivity index (χ4n) is 4.65. The molecule has 1 saturated heterocycles. The first-order valence-electron chi connectivity index (χ1n) is 14.2. The quantitative estimate of drug-likeness (QED) is 0.331. The summed E-state index contributed by atoms with van der Waals surface area (Å²) >= 11 is 0. The van der Waals surface area contributed by atoms with E-state index in [9.17, 15) is 23.6 Å². The largest absolute Gasteiger partial charge is 0.481 e. The summed E-state index contributed by atoms with van der Waals surface area (Å²) in [5.41, 5.74) is 1.81. The maximum atomic E-state index is 13.6. The molecule has 2 N–H and O–H groups in total. The second-order valence-electron chi connectivity index (χ2n) is 9.91. The topological polar surface area (TPSA) is 141 Å². The molecular weight excluding hydrogens is 533 g/mol. The third-order valence-electron chi connectivity index (χ3n) is 7.03. The van der Waals surface area contributed by atoms with E-state index in [1.54, 1.807) is 39.1 Å². The van der Waals surface area contributed by atoms with Gasteiger partial charge in [0.15, 0.2) is 0 Å². The molecule has 3 rings (SSSR count). The minimum atomic E-state index is -0.822. The molecule has 1 aliphatic rings. The normalized spacial score (nSPS) is 13.2. The van der Waals surface area contributed by atoms with Crippen molar-refractivity contribution in [3.05, 3.63) is 41.2 Å². The number of alkyl halides is 1. The van der Waals surface area contributed by atoms with Gasteiger partial charge in [0.25, 0.3) is 11.8 Å². The van der Waals surface area contributed by atoms with Crippen molar-refractivity contribution >= 4 is 23.8 Å². The molecule has 12 nitrogen and oxygen atoms in total. The summed E-state index contributed by atoms with van der Waals surface area (Å²) < 4.78 is 14.1. The second kappa shape index (κ2) is 15.7. The lowest BCUT2D eigenvalue weighted by Gasteiger charge is -2.35.